The van der Waals surface area contributed by atoms with Gasteiger partial charge >= 0.3 is 5.97 Å². The molecule has 0 saturated heterocycles. The molecule has 0 aliphatic heterocycles. The molecule has 0 bridgehead atoms. The van der Waals surface area contributed by atoms with Crippen LogP contribution in [-0.4, -0.2) is 24.3 Å². The Morgan fingerprint density at radius 1 is 1.04 bits per heavy atom. The molecule has 2 aromatic rings. The zero-order chi connectivity index (χ0) is 16.7. The van der Waals surface area contributed by atoms with Crippen LogP contribution in [0.4, 0.5) is 0 Å². The van der Waals surface area contributed by atoms with E-state index in [0.717, 1.165) is 28.5 Å². The van der Waals surface area contributed by atoms with Gasteiger partial charge in [-0.05, 0) is 43.2 Å². The molecule has 120 valence electrons. The second-order valence-electron chi connectivity index (χ2n) is 5.18. The number of benzene rings is 2. The van der Waals surface area contributed by atoms with Gasteiger partial charge in [0.1, 0.15) is 24.7 Å². The average molecular weight is 312 g/mol. The molecule has 4 nitrogen and oxygen atoms in total. The van der Waals surface area contributed by atoms with Crippen molar-refractivity contribution in [2.75, 3.05) is 13.2 Å². The minimum Gasteiger partial charge on any atom is -0.490 e. The summed E-state index contributed by atoms with van der Waals surface area (Å²) in [5.41, 5.74) is 2.96. The summed E-state index contributed by atoms with van der Waals surface area (Å²) in [5.74, 6) is 0.500. The lowest BCUT2D eigenvalue weighted by Gasteiger charge is -2.12. The summed E-state index contributed by atoms with van der Waals surface area (Å²) in [6.07, 6.45) is 2.61. The number of aryl methyl sites for hydroxylation is 2. The number of carboxylic acid groups (broad SMARTS) is 1. The maximum Gasteiger partial charge on any atom is 0.328 e. The van der Waals surface area contributed by atoms with Crippen molar-refractivity contribution in [2.24, 2.45) is 0 Å². The van der Waals surface area contributed by atoms with Crippen LogP contribution in [0.2, 0.25) is 0 Å². The van der Waals surface area contributed by atoms with Gasteiger partial charge in [-0.25, -0.2) is 4.79 Å². The molecule has 0 heterocycles. The third-order valence-electron chi connectivity index (χ3n) is 3.27. The highest BCUT2D eigenvalue weighted by Gasteiger charge is 2.02. The fourth-order valence-electron chi connectivity index (χ4n) is 2.08. The number of rotatable bonds is 7. The molecule has 0 amide bonds. The number of carbonyl (C=O) groups is 1. The minimum absolute atomic E-state index is 0.380. The van der Waals surface area contributed by atoms with E-state index >= 15 is 0 Å². The van der Waals surface area contributed by atoms with Crippen molar-refractivity contribution in [2.45, 2.75) is 13.8 Å². The molecule has 0 atom stereocenters. The number of ether oxygens (including phenoxy) is 2. The number of hydrogen-bond acceptors (Lipinski definition) is 3. The Kier molecular flexibility index (Phi) is 5.80. The molecule has 4 heteroatoms. The molecule has 0 saturated carbocycles. The summed E-state index contributed by atoms with van der Waals surface area (Å²) in [7, 11) is 0. The standard InChI is InChI=1S/C19H20O4/c1-14-7-8-15(2)18(13-14)23-12-11-22-17-6-4-3-5-16(17)9-10-19(20)21/h3-10,13H,11-12H2,1-2H3,(H,20,21). The first kappa shape index (κ1) is 16.6. The summed E-state index contributed by atoms with van der Waals surface area (Å²) in [4.78, 5) is 10.6. The molecule has 0 aromatic heterocycles. The molecular formula is C19H20O4. The van der Waals surface area contributed by atoms with Gasteiger partial charge in [-0.3, -0.25) is 0 Å². The quantitative estimate of drug-likeness (QED) is 0.623. The summed E-state index contributed by atoms with van der Waals surface area (Å²) in [5, 5.41) is 8.71. The first-order valence-corrected chi connectivity index (χ1v) is 7.39. The molecule has 2 rings (SSSR count). The SMILES string of the molecule is Cc1ccc(C)c(OCCOc2ccccc2C=CC(=O)O)c1. The summed E-state index contributed by atoms with van der Waals surface area (Å²) >= 11 is 0. The van der Waals surface area contributed by atoms with Gasteiger partial charge in [0, 0.05) is 11.6 Å². The number of para-hydroxylation sites is 1. The Morgan fingerprint density at radius 3 is 2.48 bits per heavy atom. The number of hydrogen-bond donors (Lipinski definition) is 1. The first-order chi connectivity index (χ1) is 11.1. The van der Waals surface area contributed by atoms with Gasteiger partial charge in [-0.1, -0.05) is 30.3 Å². The first-order valence-electron chi connectivity index (χ1n) is 7.39. The van der Waals surface area contributed by atoms with E-state index in [1.54, 1.807) is 12.1 Å². The zero-order valence-electron chi connectivity index (χ0n) is 13.3. The second-order valence-corrected chi connectivity index (χ2v) is 5.18. The van der Waals surface area contributed by atoms with Crippen molar-refractivity contribution < 1.29 is 19.4 Å². The Bertz CT molecular complexity index is 704. The lowest BCUT2D eigenvalue weighted by Crippen LogP contribution is -2.10. The van der Waals surface area contributed by atoms with Crippen molar-refractivity contribution in [3.8, 4) is 11.5 Å². The van der Waals surface area contributed by atoms with Crippen LogP contribution < -0.4 is 9.47 Å². The predicted molar refractivity (Wildman–Crippen MR) is 90.0 cm³/mol. The van der Waals surface area contributed by atoms with E-state index in [4.69, 9.17) is 14.6 Å². The lowest BCUT2D eigenvalue weighted by molar-refractivity contribution is -0.131. The van der Waals surface area contributed by atoms with E-state index in [1.165, 1.54) is 6.08 Å². The van der Waals surface area contributed by atoms with Crippen LogP contribution in [0.1, 0.15) is 16.7 Å². The molecular weight excluding hydrogens is 292 g/mol. The molecule has 23 heavy (non-hydrogen) atoms. The highest BCUT2D eigenvalue weighted by atomic mass is 16.5. The van der Waals surface area contributed by atoms with E-state index in [1.807, 2.05) is 44.2 Å². The van der Waals surface area contributed by atoms with E-state index in [9.17, 15) is 4.79 Å². The van der Waals surface area contributed by atoms with E-state index in [2.05, 4.69) is 0 Å². The Morgan fingerprint density at radius 2 is 1.74 bits per heavy atom. The third kappa shape index (κ3) is 5.18. The van der Waals surface area contributed by atoms with Crippen LogP contribution in [0.5, 0.6) is 11.5 Å². The van der Waals surface area contributed by atoms with Crippen molar-refractivity contribution in [1.82, 2.24) is 0 Å². The Balaban J connectivity index is 1.91. The van der Waals surface area contributed by atoms with Gasteiger partial charge in [0.2, 0.25) is 0 Å². The largest absolute Gasteiger partial charge is 0.490 e. The second kappa shape index (κ2) is 8.03. The van der Waals surface area contributed by atoms with Crippen LogP contribution in [0.15, 0.2) is 48.5 Å². The summed E-state index contributed by atoms with van der Waals surface area (Å²) in [6, 6.07) is 13.4. The van der Waals surface area contributed by atoms with Crippen molar-refractivity contribution >= 4 is 12.0 Å². The van der Waals surface area contributed by atoms with Crippen molar-refractivity contribution in [1.29, 1.82) is 0 Å². The molecule has 0 radical (unpaired) electrons. The molecule has 0 unspecified atom stereocenters. The van der Waals surface area contributed by atoms with Crippen LogP contribution in [0.3, 0.4) is 0 Å². The maximum atomic E-state index is 10.6. The zero-order valence-corrected chi connectivity index (χ0v) is 13.3. The van der Waals surface area contributed by atoms with E-state index in [0.29, 0.717) is 19.0 Å². The van der Waals surface area contributed by atoms with Crippen LogP contribution in [0, 0.1) is 13.8 Å². The normalized spacial score (nSPS) is 10.7. The molecule has 0 aliphatic carbocycles. The van der Waals surface area contributed by atoms with Gasteiger partial charge in [-0.2, -0.15) is 0 Å². The number of aliphatic carboxylic acids is 1. The molecule has 2 aromatic carbocycles. The Hall–Kier alpha value is -2.75. The van der Waals surface area contributed by atoms with Crippen LogP contribution >= 0.6 is 0 Å². The summed E-state index contributed by atoms with van der Waals surface area (Å²) < 4.78 is 11.4. The highest BCUT2D eigenvalue weighted by Crippen LogP contribution is 2.21. The van der Waals surface area contributed by atoms with Crippen LogP contribution in [-0.2, 0) is 4.79 Å². The molecule has 0 aliphatic rings. The third-order valence-corrected chi connectivity index (χ3v) is 3.27. The molecule has 1 N–H and O–H groups in total. The van der Waals surface area contributed by atoms with Gasteiger partial charge in [0.25, 0.3) is 0 Å². The van der Waals surface area contributed by atoms with Gasteiger partial charge in [0.15, 0.2) is 0 Å². The summed E-state index contributed by atoms with van der Waals surface area (Å²) in [6.45, 7) is 4.82. The lowest BCUT2D eigenvalue weighted by atomic mass is 10.1. The smallest absolute Gasteiger partial charge is 0.328 e. The average Bonchev–Trinajstić information content (AvgIpc) is 2.53. The van der Waals surface area contributed by atoms with Crippen molar-refractivity contribution in [3.05, 3.63) is 65.2 Å². The van der Waals surface area contributed by atoms with Gasteiger partial charge in [0.05, 0.1) is 0 Å². The topological polar surface area (TPSA) is 55.8 Å². The van der Waals surface area contributed by atoms with Crippen molar-refractivity contribution in [3.63, 3.8) is 0 Å². The van der Waals surface area contributed by atoms with Gasteiger partial charge < -0.3 is 14.6 Å². The molecule has 0 fully saturated rings. The predicted octanol–water partition coefficient (Wildman–Crippen LogP) is 3.86. The van der Waals surface area contributed by atoms with Gasteiger partial charge in [-0.15, -0.1) is 0 Å². The highest BCUT2D eigenvalue weighted by molar-refractivity contribution is 5.85. The van der Waals surface area contributed by atoms with E-state index < -0.39 is 5.97 Å². The van der Waals surface area contributed by atoms with Crippen LogP contribution in [0.25, 0.3) is 6.08 Å². The minimum atomic E-state index is -0.988. The maximum absolute atomic E-state index is 10.6. The monoisotopic (exact) mass is 312 g/mol. The number of carboxylic acids is 1. The molecule has 0 spiro atoms. The Labute approximate surface area is 136 Å². The fourth-order valence-corrected chi connectivity index (χ4v) is 2.08. The fraction of sp³-hybridized carbons (Fsp3) is 0.211. The van der Waals surface area contributed by atoms with E-state index in [-0.39, 0.29) is 0 Å².